The average molecular weight is 281 g/mol. The lowest BCUT2D eigenvalue weighted by molar-refractivity contribution is 0.353. The van der Waals surface area contributed by atoms with Gasteiger partial charge in [-0.1, -0.05) is 36.4 Å². The Kier molecular flexibility index (Phi) is 3.91. The predicted molar refractivity (Wildman–Crippen MR) is 84.8 cm³/mol. The minimum absolute atomic E-state index is 0.763. The van der Waals surface area contributed by atoms with Gasteiger partial charge in [0, 0.05) is 18.5 Å². The minimum atomic E-state index is 0.763. The van der Waals surface area contributed by atoms with Crippen molar-refractivity contribution in [1.82, 2.24) is 0 Å². The lowest BCUT2D eigenvalue weighted by Gasteiger charge is -2.21. The highest BCUT2D eigenvalue weighted by atomic mass is 16.5. The zero-order valence-corrected chi connectivity index (χ0v) is 12.4. The molecule has 0 bridgehead atoms. The van der Waals surface area contributed by atoms with Gasteiger partial charge in [0.25, 0.3) is 0 Å². The van der Waals surface area contributed by atoms with E-state index in [9.17, 15) is 0 Å². The Morgan fingerprint density at radius 1 is 1.00 bits per heavy atom. The van der Waals surface area contributed by atoms with Gasteiger partial charge < -0.3 is 9.47 Å². The summed E-state index contributed by atoms with van der Waals surface area (Å²) in [5.74, 6) is 1.56. The van der Waals surface area contributed by atoms with Crippen molar-refractivity contribution in [3.05, 3.63) is 59.2 Å². The second-order valence-corrected chi connectivity index (χ2v) is 5.08. The second kappa shape index (κ2) is 6.00. The van der Waals surface area contributed by atoms with E-state index >= 15 is 0 Å². The molecule has 1 heterocycles. The van der Waals surface area contributed by atoms with E-state index in [0.29, 0.717) is 0 Å². The first-order valence-electron chi connectivity index (χ1n) is 7.15. The SMILES string of the molecule is COc1ccc2c(c1OC)C(Cc1ccccc1)=NCC2. The number of rotatable bonds is 4. The summed E-state index contributed by atoms with van der Waals surface area (Å²) in [5, 5.41) is 0. The van der Waals surface area contributed by atoms with Crippen LogP contribution in [0.1, 0.15) is 16.7 Å². The van der Waals surface area contributed by atoms with Gasteiger partial charge in [0.2, 0.25) is 0 Å². The maximum absolute atomic E-state index is 5.60. The van der Waals surface area contributed by atoms with E-state index in [0.717, 1.165) is 42.2 Å². The lowest BCUT2D eigenvalue weighted by Crippen LogP contribution is -2.17. The van der Waals surface area contributed by atoms with Gasteiger partial charge in [-0.2, -0.15) is 0 Å². The molecule has 0 N–H and O–H groups in total. The first kappa shape index (κ1) is 13.7. The summed E-state index contributed by atoms with van der Waals surface area (Å²) in [6.45, 7) is 0.838. The normalized spacial score (nSPS) is 13.3. The van der Waals surface area contributed by atoms with Crippen molar-refractivity contribution in [3.63, 3.8) is 0 Å². The van der Waals surface area contributed by atoms with E-state index in [4.69, 9.17) is 14.5 Å². The van der Waals surface area contributed by atoms with Gasteiger partial charge in [0.15, 0.2) is 11.5 Å². The quantitative estimate of drug-likeness (QED) is 0.861. The number of fused-ring (bicyclic) bond motifs is 1. The molecular weight excluding hydrogens is 262 g/mol. The molecule has 0 spiro atoms. The number of ether oxygens (including phenoxy) is 2. The Hall–Kier alpha value is -2.29. The van der Waals surface area contributed by atoms with E-state index in [2.05, 4.69) is 30.3 Å². The Morgan fingerprint density at radius 3 is 2.52 bits per heavy atom. The van der Waals surface area contributed by atoms with Crippen molar-refractivity contribution < 1.29 is 9.47 Å². The zero-order chi connectivity index (χ0) is 14.7. The number of methoxy groups -OCH3 is 2. The largest absolute Gasteiger partial charge is 0.493 e. The van der Waals surface area contributed by atoms with Gasteiger partial charge in [-0.25, -0.2) is 0 Å². The van der Waals surface area contributed by atoms with E-state index in [1.165, 1.54) is 11.1 Å². The van der Waals surface area contributed by atoms with Gasteiger partial charge in [-0.15, -0.1) is 0 Å². The zero-order valence-electron chi connectivity index (χ0n) is 12.4. The molecule has 0 saturated carbocycles. The van der Waals surface area contributed by atoms with E-state index in [-0.39, 0.29) is 0 Å². The molecule has 0 aromatic heterocycles. The molecule has 1 aliphatic heterocycles. The summed E-state index contributed by atoms with van der Waals surface area (Å²) >= 11 is 0. The minimum Gasteiger partial charge on any atom is -0.493 e. The van der Waals surface area contributed by atoms with Gasteiger partial charge in [-0.3, -0.25) is 4.99 Å². The molecule has 0 aliphatic carbocycles. The fraction of sp³-hybridized carbons (Fsp3) is 0.278. The molecule has 3 rings (SSSR count). The van der Waals surface area contributed by atoms with Crippen LogP contribution < -0.4 is 9.47 Å². The molecule has 3 heteroatoms. The highest BCUT2D eigenvalue weighted by Crippen LogP contribution is 2.36. The van der Waals surface area contributed by atoms with Crippen molar-refractivity contribution in [3.8, 4) is 11.5 Å². The third-order valence-corrected chi connectivity index (χ3v) is 3.82. The Bertz CT molecular complexity index is 662. The monoisotopic (exact) mass is 281 g/mol. The number of nitrogens with zero attached hydrogens (tertiary/aromatic N) is 1. The molecule has 0 unspecified atom stereocenters. The third-order valence-electron chi connectivity index (χ3n) is 3.82. The molecule has 21 heavy (non-hydrogen) atoms. The maximum Gasteiger partial charge on any atom is 0.170 e. The van der Waals surface area contributed by atoms with Crippen LogP contribution in [0.4, 0.5) is 0 Å². The molecule has 0 saturated heterocycles. The Morgan fingerprint density at radius 2 is 1.81 bits per heavy atom. The van der Waals surface area contributed by atoms with Gasteiger partial charge >= 0.3 is 0 Å². The van der Waals surface area contributed by atoms with Crippen LogP contribution in [0.2, 0.25) is 0 Å². The Labute approximate surface area is 125 Å². The van der Waals surface area contributed by atoms with Crippen LogP contribution in [-0.2, 0) is 12.8 Å². The van der Waals surface area contributed by atoms with Crippen LogP contribution in [-0.4, -0.2) is 26.5 Å². The highest BCUT2D eigenvalue weighted by Gasteiger charge is 2.22. The summed E-state index contributed by atoms with van der Waals surface area (Å²) in [4.78, 5) is 4.73. The molecule has 1 aliphatic rings. The summed E-state index contributed by atoms with van der Waals surface area (Å²) in [6.07, 6.45) is 1.77. The standard InChI is InChI=1S/C18H19NO2/c1-20-16-9-8-14-10-11-19-15(17(14)18(16)21-2)12-13-6-4-3-5-7-13/h3-9H,10-12H2,1-2H3. The summed E-state index contributed by atoms with van der Waals surface area (Å²) < 4.78 is 11.0. The van der Waals surface area contributed by atoms with Crippen molar-refractivity contribution >= 4 is 5.71 Å². The first-order chi connectivity index (χ1) is 10.3. The average Bonchev–Trinajstić information content (AvgIpc) is 2.55. The predicted octanol–water partition coefficient (Wildman–Crippen LogP) is 3.29. The number of hydrogen-bond donors (Lipinski definition) is 0. The molecule has 0 amide bonds. The van der Waals surface area contributed by atoms with Crippen LogP contribution in [0.25, 0.3) is 0 Å². The summed E-state index contributed by atoms with van der Waals surface area (Å²) in [7, 11) is 3.36. The van der Waals surface area contributed by atoms with Gasteiger partial charge in [0.05, 0.1) is 19.9 Å². The van der Waals surface area contributed by atoms with Crippen LogP contribution in [0.3, 0.4) is 0 Å². The van der Waals surface area contributed by atoms with Crippen LogP contribution >= 0.6 is 0 Å². The molecule has 2 aromatic carbocycles. The van der Waals surface area contributed by atoms with Gasteiger partial charge in [0.1, 0.15) is 0 Å². The van der Waals surface area contributed by atoms with Crippen LogP contribution in [0.5, 0.6) is 11.5 Å². The van der Waals surface area contributed by atoms with Crippen molar-refractivity contribution in [1.29, 1.82) is 0 Å². The molecule has 0 atom stereocenters. The van der Waals surface area contributed by atoms with E-state index in [1.54, 1.807) is 14.2 Å². The van der Waals surface area contributed by atoms with Crippen LogP contribution in [0, 0.1) is 0 Å². The van der Waals surface area contributed by atoms with E-state index in [1.807, 2.05) is 12.1 Å². The molecular formula is C18H19NO2. The first-order valence-corrected chi connectivity index (χ1v) is 7.15. The lowest BCUT2D eigenvalue weighted by atomic mass is 9.92. The molecule has 3 nitrogen and oxygen atoms in total. The third kappa shape index (κ3) is 2.64. The number of aliphatic imine (C=N–C) groups is 1. The smallest absolute Gasteiger partial charge is 0.170 e. The molecule has 108 valence electrons. The number of hydrogen-bond acceptors (Lipinski definition) is 3. The molecule has 2 aromatic rings. The second-order valence-electron chi connectivity index (χ2n) is 5.08. The Balaban J connectivity index is 2.04. The summed E-state index contributed by atoms with van der Waals surface area (Å²) in [6, 6.07) is 14.5. The topological polar surface area (TPSA) is 30.8 Å². The highest BCUT2D eigenvalue weighted by molar-refractivity contribution is 6.06. The van der Waals surface area contributed by atoms with Crippen LogP contribution in [0.15, 0.2) is 47.5 Å². The van der Waals surface area contributed by atoms with Gasteiger partial charge in [-0.05, 0) is 23.6 Å². The van der Waals surface area contributed by atoms with Crippen molar-refractivity contribution in [2.24, 2.45) is 4.99 Å². The summed E-state index contributed by atoms with van der Waals surface area (Å²) in [5.41, 5.74) is 4.73. The fourth-order valence-electron chi connectivity index (χ4n) is 2.82. The fourth-order valence-corrected chi connectivity index (χ4v) is 2.82. The van der Waals surface area contributed by atoms with Crippen molar-refractivity contribution in [2.45, 2.75) is 12.8 Å². The van der Waals surface area contributed by atoms with Crippen molar-refractivity contribution in [2.75, 3.05) is 20.8 Å². The van der Waals surface area contributed by atoms with E-state index < -0.39 is 0 Å². The molecule has 0 radical (unpaired) electrons. The maximum atomic E-state index is 5.60. The molecule has 0 fully saturated rings. The number of benzene rings is 2.